The number of hydrogen-bond acceptors (Lipinski definition) is 7. The number of terminal acetylenes is 1. The average Bonchev–Trinajstić information content (AvgIpc) is 3.01. The zero-order chi connectivity index (χ0) is 16.6. The first-order chi connectivity index (χ1) is 11.7. The molecular formula is C16H23N5O2S. The van der Waals surface area contributed by atoms with Crippen molar-refractivity contribution in [1.82, 2.24) is 25.1 Å². The summed E-state index contributed by atoms with van der Waals surface area (Å²) < 4.78 is 5.16. The molecule has 3 atom stereocenters. The monoisotopic (exact) mass is 349 g/mol. The molecule has 2 saturated heterocycles. The van der Waals surface area contributed by atoms with Gasteiger partial charge in [-0.25, -0.2) is 4.90 Å². The maximum absolute atomic E-state index is 13.6. The quantitative estimate of drug-likeness (QED) is 0.473. The van der Waals surface area contributed by atoms with E-state index in [1.54, 1.807) is 0 Å². The Morgan fingerprint density at radius 1 is 1.42 bits per heavy atom. The summed E-state index contributed by atoms with van der Waals surface area (Å²) in [6, 6.07) is 0. The first-order valence-corrected chi connectivity index (χ1v) is 9.44. The number of aromatic nitrogens is 2. The largest absolute Gasteiger partial charge is 0.623 e. The highest BCUT2D eigenvalue weighted by atomic mass is 32.1. The molecular weight excluding hydrogens is 326 g/mol. The van der Waals surface area contributed by atoms with Crippen LogP contribution < -0.4 is 9.96 Å². The summed E-state index contributed by atoms with van der Waals surface area (Å²) in [7, 11) is 0. The van der Waals surface area contributed by atoms with Crippen molar-refractivity contribution in [2.24, 2.45) is 0 Å². The van der Waals surface area contributed by atoms with Crippen LogP contribution >= 0.6 is 11.3 Å². The fourth-order valence-electron chi connectivity index (χ4n) is 3.43. The molecule has 1 aromatic rings. The molecule has 130 valence electrons. The molecule has 0 amide bonds. The van der Waals surface area contributed by atoms with Gasteiger partial charge in [-0.2, -0.15) is 0 Å². The Labute approximate surface area is 146 Å². The van der Waals surface area contributed by atoms with Crippen molar-refractivity contribution in [1.29, 1.82) is 0 Å². The first-order valence-electron chi connectivity index (χ1n) is 8.62. The third kappa shape index (κ3) is 3.20. The van der Waals surface area contributed by atoms with Crippen molar-refractivity contribution < 1.29 is 4.74 Å². The predicted octanol–water partition coefficient (Wildman–Crippen LogP) is 1.22. The number of nitrogens with one attached hydrogen (secondary N) is 1. The van der Waals surface area contributed by atoms with E-state index in [4.69, 9.17) is 11.2 Å². The highest BCUT2D eigenvalue weighted by molar-refractivity contribution is 7.15. The van der Waals surface area contributed by atoms with Crippen LogP contribution in [0.15, 0.2) is 0 Å². The zero-order valence-corrected chi connectivity index (χ0v) is 14.5. The van der Waals surface area contributed by atoms with Crippen LogP contribution in [0.4, 0.5) is 5.13 Å². The van der Waals surface area contributed by atoms with Crippen molar-refractivity contribution in [2.75, 3.05) is 32.9 Å². The lowest BCUT2D eigenvalue weighted by Gasteiger charge is -2.40. The number of quaternary nitrogens is 1. The molecule has 3 aliphatic rings. The molecule has 1 aromatic heterocycles. The Morgan fingerprint density at radius 2 is 2.29 bits per heavy atom. The zero-order valence-electron chi connectivity index (χ0n) is 13.7. The van der Waals surface area contributed by atoms with Gasteiger partial charge in [-0.1, -0.05) is 11.0 Å². The molecule has 4 rings (SSSR count). The fraction of sp³-hybridized carbons (Fsp3) is 0.750. The molecule has 1 aliphatic carbocycles. The molecule has 2 aliphatic heterocycles. The van der Waals surface area contributed by atoms with Gasteiger partial charge in [0.05, 0.1) is 19.2 Å². The van der Waals surface area contributed by atoms with Crippen LogP contribution in [0.1, 0.15) is 36.6 Å². The number of rotatable bonds is 6. The number of nitrogens with zero attached hydrogens (tertiary/aromatic N) is 4. The lowest BCUT2D eigenvalue weighted by Crippen LogP contribution is -2.57. The fourth-order valence-corrected chi connectivity index (χ4v) is 4.52. The second-order valence-electron chi connectivity index (χ2n) is 6.91. The molecule has 0 spiro atoms. The molecule has 1 N–H and O–H groups in total. The Bertz CT molecular complexity index is 622. The summed E-state index contributed by atoms with van der Waals surface area (Å²) in [6.07, 6.45) is 9.85. The van der Waals surface area contributed by atoms with Gasteiger partial charge >= 0.3 is 5.13 Å². The highest BCUT2D eigenvalue weighted by Crippen LogP contribution is 2.44. The Hall–Kier alpha value is -1.08. The second-order valence-corrected chi connectivity index (χ2v) is 7.90. The standard InChI is InChI=1S/C16H23N5O2S/c1-2-7-20-10-14(17-9-13-4-3-8-23-13)21(22,11-20)16-19-18-15(24-16)12-5-6-12/h1,12-14,17H,3-11H2. The summed E-state index contributed by atoms with van der Waals surface area (Å²) in [5, 5.41) is 27.1. The molecule has 3 heterocycles. The van der Waals surface area contributed by atoms with Crippen LogP contribution in [-0.2, 0) is 4.74 Å². The van der Waals surface area contributed by atoms with Crippen LogP contribution in [0, 0.1) is 17.6 Å². The molecule has 0 bridgehead atoms. The van der Waals surface area contributed by atoms with E-state index in [0.29, 0.717) is 37.4 Å². The van der Waals surface area contributed by atoms with Gasteiger partial charge in [0.1, 0.15) is 11.7 Å². The predicted molar refractivity (Wildman–Crippen MR) is 93.1 cm³/mol. The molecule has 8 heteroatoms. The maximum atomic E-state index is 13.6. The van der Waals surface area contributed by atoms with E-state index in [0.717, 1.165) is 37.3 Å². The highest BCUT2D eigenvalue weighted by Gasteiger charge is 2.44. The molecule has 0 aromatic carbocycles. The van der Waals surface area contributed by atoms with Gasteiger partial charge in [-0.05, 0) is 37.0 Å². The molecule has 7 nitrogen and oxygen atoms in total. The summed E-state index contributed by atoms with van der Waals surface area (Å²) in [4.78, 5) is 2.01. The summed E-state index contributed by atoms with van der Waals surface area (Å²) in [5.41, 5.74) is 0. The van der Waals surface area contributed by atoms with Gasteiger partial charge in [0.15, 0.2) is 6.17 Å². The van der Waals surface area contributed by atoms with Crippen LogP contribution in [0.2, 0.25) is 0 Å². The lowest BCUT2D eigenvalue weighted by atomic mass is 10.2. The molecule has 0 radical (unpaired) electrons. The van der Waals surface area contributed by atoms with Gasteiger partial charge in [-0.3, -0.25) is 9.96 Å². The maximum Gasteiger partial charge on any atom is 0.309 e. The number of hydrogen-bond donors (Lipinski definition) is 1. The summed E-state index contributed by atoms with van der Waals surface area (Å²) in [6.45, 7) is 2.95. The Kier molecular flexibility index (Phi) is 4.56. The molecule has 24 heavy (non-hydrogen) atoms. The first kappa shape index (κ1) is 16.4. The van der Waals surface area contributed by atoms with Gasteiger partial charge in [-0.15, -0.1) is 11.5 Å². The Morgan fingerprint density at radius 3 is 3.00 bits per heavy atom. The molecule has 1 saturated carbocycles. The Balaban J connectivity index is 1.50. The van der Waals surface area contributed by atoms with Crippen LogP contribution in [0.5, 0.6) is 0 Å². The minimum Gasteiger partial charge on any atom is -0.623 e. The van der Waals surface area contributed by atoms with Crippen molar-refractivity contribution in [2.45, 2.75) is 43.9 Å². The van der Waals surface area contributed by atoms with Crippen molar-refractivity contribution in [3.05, 3.63) is 10.2 Å². The van der Waals surface area contributed by atoms with Crippen molar-refractivity contribution >= 4 is 16.5 Å². The molecule has 3 fully saturated rings. The SMILES string of the molecule is C#CCN1CC(NCC2CCCO2)[N+]([O-])(c2nnc(C3CC3)s2)C1. The second kappa shape index (κ2) is 6.67. The smallest absolute Gasteiger partial charge is 0.309 e. The number of ether oxygens (including phenoxy) is 1. The van der Waals surface area contributed by atoms with E-state index in [9.17, 15) is 5.21 Å². The van der Waals surface area contributed by atoms with E-state index < -0.39 is 4.65 Å². The van der Waals surface area contributed by atoms with Crippen LogP contribution in [-0.4, -0.2) is 60.3 Å². The van der Waals surface area contributed by atoms with Gasteiger partial charge in [0.2, 0.25) is 0 Å². The summed E-state index contributed by atoms with van der Waals surface area (Å²) >= 11 is 1.47. The lowest BCUT2D eigenvalue weighted by molar-refractivity contribution is 0.103. The third-order valence-electron chi connectivity index (χ3n) is 4.95. The van der Waals surface area contributed by atoms with Crippen LogP contribution in [0.25, 0.3) is 0 Å². The van der Waals surface area contributed by atoms with E-state index in [1.807, 2.05) is 4.90 Å². The van der Waals surface area contributed by atoms with Gasteiger partial charge in [0.25, 0.3) is 0 Å². The van der Waals surface area contributed by atoms with Crippen molar-refractivity contribution in [3.63, 3.8) is 0 Å². The minimum absolute atomic E-state index is 0.205. The van der Waals surface area contributed by atoms with Crippen LogP contribution in [0.3, 0.4) is 0 Å². The van der Waals surface area contributed by atoms with Gasteiger partial charge < -0.3 is 9.94 Å². The third-order valence-corrected chi connectivity index (χ3v) is 6.14. The average molecular weight is 349 g/mol. The number of hydroxylamine groups is 2. The topological polar surface area (TPSA) is 73.3 Å². The van der Waals surface area contributed by atoms with E-state index in [2.05, 4.69) is 21.4 Å². The normalized spacial score (nSPS) is 33.8. The summed E-state index contributed by atoms with van der Waals surface area (Å²) in [5.74, 6) is 3.16. The van der Waals surface area contributed by atoms with E-state index >= 15 is 0 Å². The molecule has 3 unspecified atom stereocenters. The van der Waals surface area contributed by atoms with E-state index in [1.165, 1.54) is 11.3 Å². The van der Waals surface area contributed by atoms with E-state index in [-0.39, 0.29) is 12.3 Å². The van der Waals surface area contributed by atoms with Gasteiger partial charge in [0, 0.05) is 19.1 Å². The minimum atomic E-state index is -0.501. The van der Waals surface area contributed by atoms with Crippen molar-refractivity contribution in [3.8, 4) is 12.3 Å².